The summed E-state index contributed by atoms with van der Waals surface area (Å²) in [4.78, 5) is 52.2. The van der Waals surface area contributed by atoms with E-state index in [1.54, 1.807) is 60.7 Å². The summed E-state index contributed by atoms with van der Waals surface area (Å²) >= 11 is 0. The summed E-state index contributed by atoms with van der Waals surface area (Å²) in [5, 5.41) is 2.51. The smallest absolute Gasteiger partial charge is 0.417 e. The van der Waals surface area contributed by atoms with Crippen LogP contribution < -0.4 is 11.1 Å². The highest BCUT2D eigenvalue weighted by Gasteiger charge is 2.39. The van der Waals surface area contributed by atoms with E-state index in [2.05, 4.69) is 5.32 Å². The van der Waals surface area contributed by atoms with Crippen molar-refractivity contribution in [3.8, 4) is 0 Å². The predicted molar refractivity (Wildman–Crippen MR) is 129 cm³/mol. The predicted octanol–water partition coefficient (Wildman–Crippen LogP) is 2.79. The fourth-order valence-electron chi connectivity index (χ4n) is 3.55. The van der Waals surface area contributed by atoms with Crippen molar-refractivity contribution in [2.45, 2.75) is 45.4 Å². The minimum absolute atomic E-state index is 0.0475. The number of carbonyl (C=O) groups excluding carboxylic acids is 4. The van der Waals surface area contributed by atoms with Crippen molar-refractivity contribution in [2.75, 3.05) is 13.2 Å². The van der Waals surface area contributed by atoms with Gasteiger partial charge < -0.3 is 15.8 Å². The van der Waals surface area contributed by atoms with Crippen LogP contribution >= 0.6 is 0 Å². The van der Waals surface area contributed by atoms with Crippen LogP contribution in [0, 0.1) is 5.92 Å². The molecule has 0 fully saturated rings. The lowest BCUT2D eigenvalue weighted by Gasteiger charge is -2.32. The zero-order chi connectivity index (χ0) is 25.8. The highest BCUT2D eigenvalue weighted by atomic mass is 19.1. The Labute approximate surface area is 204 Å². The number of hydrogen-bond acceptors (Lipinski definition) is 6. The lowest BCUT2D eigenvalue weighted by molar-refractivity contribution is -0.141. The van der Waals surface area contributed by atoms with E-state index < -0.39 is 42.4 Å². The van der Waals surface area contributed by atoms with Crippen LogP contribution in [0.5, 0.6) is 0 Å². The third-order valence-corrected chi connectivity index (χ3v) is 5.25. The summed E-state index contributed by atoms with van der Waals surface area (Å²) in [5.74, 6) is -2.46. The molecule has 2 rings (SSSR count). The van der Waals surface area contributed by atoms with Gasteiger partial charge in [-0.25, -0.2) is 14.1 Å². The van der Waals surface area contributed by atoms with E-state index in [-0.39, 0.29) is 31.9 Å². The first-order valence-corrected chi connectivity index (χ1v) is 11.4. The molecule has 8 nitrogen and oxygen atoms in total. The summed E-state index contributed by atoms with van der Waals surface area (Å²) < 4.78 is 19.0. The monoisotopic (exact) mass is 485 g/mol. The van der Waals surface area contributed by atoms with E-state index in [4.69, 9.17) is 10.5 Å². The van der Waals surface area contributed by atoms with Gasteiger partial charge in [-0.15, -0.1) is 0 Å². The molecular weight excluding hydrogens is 453 g/mol. The second-order valence-electron chi connectivity index (χ2n) is 8.51. The normalized spacial score (nSPS) is 12.5. The molecule has 0 aliphatic rings. The first kappa shape index (κ1) is 27.7. The van der Waals surface area contributed by atoms with Gasteiger partial charge in [-0.3, -0.25) is 14.4 Å². The van der Waals surface area contributed by atoms with Gasteiger partial charge >= 0.3 is 6.09 Å². The molecule has 9 heteroatoms. The van der Waals surface area contributed by atoms with Crippen molar-refractivity contribution in [3.05, 3.63) is 71.8 Å². The first-order valence-electron chi connectivity index (χ1n) is 11.4. The highest BCUT2D eigenvalue weighted by molar-refractivity contribution is 6.02. The number of nitrogens with one attached hydrogen (secondary N) is 1. The van der Waals surface area contributed by atoms with E-state index in [1.807, 2.05) is 13.8 Å². The van der Waals surface area contributed by atoms with Crippen LogP contribution in [0.4, 0.5) is 9.18 Å². The van der Waals surface area contributed by atoms with Gasteiger partial charge in [0.05, 0.1) is 6.54 Å². The number of alkyl halides is 1. The molecule has 0 radical (unpaired) electrons. The number of benzene rings is 2. The number of rotatable bonds is 12. The first-order chi connectivity index (χ1) is 16.8. The lowest BCUT2D eigenvalue weighted by Crippen LogP contribution is -2.58. The number of amides is 3. The molecule has 0 aliphatic carbocycles. The Kier molecular flexibility index (Phi) is 11.0. The topological polar surface area (TPSA) is 119 Å². The van der Waals surface area contributed by atoms with Crippen molar-refractivity contribution in [1.29, 1.82) is 0 Å². The molecule has 0 aliphatic heterocycles. The average molecular weight is 486 g/mol. The summed E-state index contributed by atoms with van der Waals surface area (Å²) in [5.41, 5.74) is 6.69. The molecule has 3 N–H and O–H groups in total. The van der Waals surface area contributed by atoms with Gasteiger partial charge in [0.15, 0.2) is 5.78 Å². The zero-order valence-corrected chi connectivity index (χ0v) is 20.0. The van der Waals surface area contributed by atoms with Crippen LogP contribution in [0.2, 0.25) is 0 Å². The molecule has 0 heterocycles. The van der Waals surface area contributed by atoms with E-state index in [1.165, 1.54) is 0 Å². The van der Waals surface area contributed by atoms with Crippen molar-refractivity contribution < 1.29 is 28.3 Å². The van der Waals surface area contributed by atoms with Crippen molar-refractivity contribution in [2.24, 2.45) is 11.7 Å². The molecule has 2 atom stereocenters. The highest BCUT2D eigenvalue weighted by Crippen LogP contribution is 2.18. The van der Waals surface area contributed by atoms with Gasteiger partial charge in [-0.2, -0.15) is 0 Å². The molecule has 0 saturated carbocycles. The van der Waals surface area contributed by atoms with Gasteiger partial charge in [0.25, 0.3) is 5.91 Å². The van der Waals surface area contributed by atoms with Crippen molar-refractivity contribution >= 4 is 23.7 Å². The maximum absolute atomic E-state index is 13.6. The fourth-order valence-corrected chi connectivity index (χ4v) is 3.55. The molecule has 3 amide bonds. The summed E-state index contributed by atoms with van der Waals surface area (Å²) in [6.07, 6.45) is -1.03. The molecule has 35 heavy (non-hydrogen) atoms. The Balaban J connectivity index is 2.43. The number of imide groups is 1. The van der Waals surface area contributed by atoms with Gasteiger partial charge in [0, 0.05) is 6.42 Å². The Bertz CT molecular complexity index is 985. The number of nitrogens with two attached hydrogens (primary N) is 1. The minimum Gasteiger partial charge on any atom is -0.444 e. The van der Waals surface area contributed by atoms with E-state index in [0.29, 0.717) is 16.0 Å². The number of Topliss-reactive ketones (excluding diaryl/α,β-unsaturated/α-hetero) is 1. The second-order valence-corrected chi connectivity index (χ2v) is 8.51. The quantitative estimate of drug-likeness (QED) is 0.477. The molecule has 2 aromatic rings. The number of halogens is 1. The Morgan fingerprint density at radius 3 is 2.06 bits per heavy atom. The van der Waals surface area contributed by atoms with Crippen LogP contribution in [-0.4, -0.2) is 53.9 Å². The van der Waals surface area contributed by atoms with Crippen LogP contribution in [0.15, 0.2) is 60.7 Å². The van der Waals surface area contributed by atoms with Crippen molar-refractivity contribution in [1.82, 2.24) is 10.2 Å². The molecule has 0 saturated heterocycles. The molecule has 2 aromatic carbocycles. The zero-order valence-electron chi connectivity index (χ0n) is 20.0. The Hall–Kier alpha value is -3.59. The number of ketones is 1. The maximum atomic E-state index is 13.6. The number of hydrogen-bond donors (Lipinski definition) is 2. The van der Waals surface area contributed by atoms with Crippen LogP contribution in [0.3, 0.4) is 0 Å². The SMILES string of the molecule is CC(C)C[C@H](NC(=O)CN)C(=O)N(C(=O)OCc1ccccc1)C(Cc1ccccc1)C(=O)CF. The fraction of sp³-hybridized carbons (Fsp3) is 0.385. The standard InChI is InChI=1S/C26H32FN3O5/c1-18(2)13-21(29-24(32)16-28)25(33)30(26(34)35-17-20-11-7-4-8-12-20)22(23(31)15-27)14-19-9-5-3-6-10-19/h3-12,18,21-22H,13-17,28H2,1-2H3,(H,29,32)/t21-,22?/m0/s1. The third kappa shape index (κ3) is 8.60. The van der Waals surface area contributed by atoms with E-state index in [9.17, 15) is 23.6 Å². The van der Waals surface area contributed by atoms with Gasteiger partial charge in [-0.05, 0) is 23.5 Å². The third-order valence-electron chi connectivity index (χ3n) is 5.25. The second kappa shape index (κ2) is 14.0. The Morgan fingerprint density at radius 2 is 1.54 bits per heavy atom. The summed E-state index contributed by atoms with van der Waals surface area (Å²) in [6.45, 7) is 1.77. The van der Waals surface area contributed by atoms with Gasteiger partial charge in [0.1, 0.15) is 25.4 Å². The number of nitrogens with zero attached hydrogens (tertiary/aromatic N) is 1. The molecule has 0 spiro atoms. The van der Waals surface area contributed by atoms with Crippen LogP contribution in [-0.2, 0) is 32.1 Å². The largest absolute Gasteiger partial charge is 0.444 e. The minimum atomic E-state index is -1.46. The maximum Gasteiger partial charge on any atom is 0.417 e. The van der Waals surface area contributed by atoms with Crippen molar-refractivity contribution in [3.63, 3.8) is 0 Å². The van der Waals surface area contributed by atoms with Gasteiger partial charge in [0.2, 0.25) is 5.91 Å². The van der Waals surface area contributed by atoms with E-state index >= 15 is 0 Å². The molecular formula is C26H32FN3O5. The van der Waals surface area contributed by atoms with Gasteiger partial charge in [-0.1, -0.05) is 74.5 Å². The summed E-state index contributed by atoms with van der Waals surface area (Å²) in [6, 6.07) is 14.8. The molecule has 0 aromatic heterocycles. The number of carbonyl (C=O) groups is 4. The molecule has 188 valence electrons. The lowest BCUT2D eigenvalue weighted by atomic mass is 9.98. The van der Waals surface area contributed by atoms with E-state index in [0.717, 1.165) is 0 Å². The summed E-state index contributed by atoms with van der Waals surface area (Å²) in [7, 11) is 0. The van der Waals surface area contributed by atoms with Crippen LogP contribution in [0.1, 0.15) is 31.4 Å². The molecule has 1 unspecified atom stereocenters. The Morgan fingerprint density at radius 1 is 0.971 bits per heavy atom. The number of ether oxygens (including phenoxy) is 1. The molecule has 0 bridgehead atoms. The average Bonchev–Trinajstić information content (AvgIpc) is 2.86. The van der Waals surface area contributed by atoms with Crippen LogP contribution in [0.25, 0.3) is 0 Å².